The van der Waals surface area contributed by atoms with E-state index in [1.54, 1.807) is 6.07 Å². The van der Waals surface area contributed by atoms with E-state index in [0.717, 1.165) is 0 Å². The summed E-state index contributed by atoms with van der Waals surface area (Å²) in [4.78, 5) is 22.7. The average molecular weight is 314 g/mol. The Hall–Kier alpha value is -0.731. The van der Waals surface area contributed by atoms with Crippen molar-refractivity contribution in [3.8, 4) is 0 Å². The van der Waals surface area contributed by atoms with Gasteiger partial charge in [0, 0.05) is 20.1 Å². The van der Waals surface area contributed by atoms with Crippen molar-refractivity contribution in [1.82, 2.24) is 4.98 Å². The normalized spacial score (nSPS) is 8.00. The van der Waals surface area contributed by atoms with E-state index >= 15 is 0 Å². The van der Waals surface area contributed by atoms with Crippen LogP contribution in [0.4, 0.5) is 0 Å². The minimum Gasteiger partial charge on any atom is -0.382 e. The Morgan fingerprint density at radius 3 is 2.60 bits per heavy atom. The molecule has 0 bridgehead atoms. The minimum absolute atomic E-state index is 0. The summed E-state index contributed by atoms with van der Waals surface area (Å²) < 4.78 is 0. The Balaban J connectivity index is 0.000000810. The maximum absolute atomic E-state index is 10.5. The molecule has 0 amide bonds. The second-order valence-corrected chi connectivity index (χ2v) is 1.51. The van der Waals surface area contributed by atoms with Gasteiger partial charge in [-0.1, -0.05) is 5.56 Å². The third kappa shape index (κ3) is 1.90. The van der Waals surface area contributed by atoms with Crippen LogP contribution in [0.25, 0.3) is 0 Å². The van der Waals surface area contributed by atoms with Gasteiger partial charge in [0.15, 0.2) is 0 Å². The fraction of sp³-hybridized carbons (Fsp3) is 0. The van der Waals surface area contributed by atoms with Gasteiger partial charge >= 0.3 is 0 Å². The SMILES string of the molecule is O=[C-]c1ccc[nH]c1=O.[Ir]. The third-order valence-electron chi connectivity index (χ3n) is 0.928. The van der Waals surface area contributed by atoms with E-state index in [1.807, 2.05) is 0 Å². The first-order valence-electron chi connectivity index (χ1n) is 2.40. The quantitative estimate of drug-likeness (QED) is 0.732. The number of aromatic nitrogens is 1. The number of hydrogen-bond acceptors (Lipinski definition) is 2. The van der Waals surface area contributed by atoms with Crippen LogP contribution < -0.4 is 5.56 Å². The van der Waals surface area contributed by atoms with Crippen LogP contribution in [0.3, 0.4) is 0 Å². The molecule has 55 valence electrons. The zero-order chi connectivity index (χ0) is 6.69. The number of pyridine rings is 1. The molecule has 1 N–H and O–H groups in total. The molecular formula is C6H4IrNO2-. The summed E-state index contributed by atoms with van der Waals surface area (Å²) in [5, 5.41) is 0. The molecule has 0 spiro atoms. The first-order valence-corrected chi connectivity index (χ1v) is 2.40. The molecule has 1 aromatic heterocycles. The molecule has 0 fully saturated rings. The molecule has 0 aliphatic heterocycles. The van der Waals surface area contributed by atoms with Crippen molar-refractivity contribution in [3.63, 3.8) is 0 Å². The molecule has 0 unspecified atom stereocenters. The number of rotatable bonds is 1. The second kappa shape index (κ2) is 4.14. The minimum atomic E-state index is -0.396. The molecule has 0 aliphatic rings. The Morgan fingerprint density at radius 1 is 1.50 bits per heavy atom. The molecule has 0 atom stereocenters. The monoisotopic (exact) mass is 315 g/mol. The first kappa shape index (κ1) is 9.27. The van der Waals surface area contributed by atoms with E-state index in [1.165, 1.54) is 18.5 Å². The van der Waals surface area contributed by atoms with Crippen LogP contribution in [-0.2, 0) is 24.9 Å². The van der Waals surface area contributed by atoms with Gasteiger partial charge in [-0.3, -0.25) is 0 Å². The van der Waals surface area contributed by atoms with E-state index in [2.05, 4.69) is 4.98 Å². The molecule has 1 heterocycles. The summed E-state index contributed by atoms with van der Waals surface area (Å²) in [6, 6.07) is 2.98. The van der Waals surface area contributed by atoms with Crippen molar-refractivity contribution in [2.24, 2.45) is 0 Å². The smallest absolute Gasteiger partial charge is 0.142 e. The number of aromatic amines is 1. The summed E-state index contributed by atoms with van der Waals surface area (Å²) in [5.41, 5.74) is -0.356. The Bertz CT molecular complexity index is 268. The summed E-state index contributed by atoms with van der Waals surface area (Å²) in [7, 11) is 0. The van der Waals surface area contributed by atoms with Crippen LogP contribution in [0.5, 0.6) is 0 Å². The van der Waals surface area contributed by atoms with Crippen LogP contribution in [0.1, 0.15) is 5.56 Å². The first-order chi connectivity index (χ1) is 4.34. The zero-order valence-electron chi connectivity index (χ0n) is 4.88. The molecule has 1 aromatic rings. The molecule has 1 radical (unpaired) electrons. The molecule has 0 saturated heterocycles. The molecule has 0 aliphatic carbocycles. The Labute approximate surface area is 70.8 Å². The van der Waals surface area contributed by atoms with Gasteiger partial charge in [-0.2, -0.15) is 6.07 Å². The van der Waals surface area contributed by atoms with Crippen molar-refractivity contribution in [1.29, 1.82) is 0 Å². The van der Waals surface area contributed by atoms with Crippen LogP contribution in [0.2, 0.25) is 0 Å². The largest absolute Gasteiger partial charge is 0.382 e. The van der Waals surface area contributed by atoms with Crippen LogP contribution in [0.15, 0.2) is 23.1 Å². The number of H-pyrrole nitrogens is 1. The maximum Gasteiger partial charge on any atom is 0.142 e. The molecular weight excluding hydrogens is 310 g/mol. The van der Waals surface area contributed by atoms with Crippen LogP contribution in [-0.4, -0.2) is 11.3 Å². The maximum atomic E-state index is 10.5. The van der Waals surface area contributed by atoms with Crippen LogP contribution in [0, 0.1) is 0 Å². The van der Waals surface area contributed by atoms with Crippen molar-refractivity contribution < 1.29 is 24.9 Å². The number of hydrogen-bond donors (Lipinski definition) is 1. The standard InChI is InChI=1S/C6H4NO2.Ir/c8-4-5-2-1-3-7-6(5)9;/h1-3H,(H,7,9);/q-1;. The molecule has 0 saturated carbocycles. The summed E-state index contributed by atoms with van der Waals surface area (Å²) >= 11 is 0. The van der Waals surface area contributed by atoms with E-state index in [9.17, 15) is 9.59 Å². The predicted octanol–water partition coefficient (Wildman–Crippen LogP) is -0.170. The van der Waals surface area contributed by atoms with E-state index in [0.29, 0.717) is 0 Å². The van der Waals surface area contributed by atoms with Crippen LogP contribution >= 0.6 is 0 Å². The van der Waals surface area contributed by atoms with Gasteiger partial charge in [0.25, 0.3) is 0 Å². The molecule has 4 heteroatoms. The van der Waals surface area contributed by atoms with Gasteiger partial charge < -0.3 is 14.6 Å². The average Bonchev–Trinajstić information content (AvgIpc) is 1.89. The van der Waals surface area contributed by atoms with Gasteiger partial charge in [-0.05, 0) is 6.20 Å². The molecule has 0 aromatic carbocycles. The summed E-state index contributed by atoms with van der Waals surface area (Å²) in [5.74, 6) is 0. The van der Waals surface area contributed by atoms with E-state index < -0.39 is 5.56 Å². The van der Waals surface area contributed by atoms with Gasteiger partial charge in [0.2, 0.25) is 0 Å². The summed E-state index contributed by atoms with van der Waals surface area (Å²) in [6.07, 6.45) is 2.96. The topological polar surface area (TPSA) is 49.9 Å². The van der Waals surface area contributed by atoms with E-state index in [-0.39, 0.29) is 25.7 Å². The Kier molecular flexibility index (Phi) is 3.84. The third-order valence-corrected chi connectivity index (χ3v) is 0.928. The van der Waals surface area contributed by atoms with Gasteiger partial charge in [0.05, 0.1) is 6.29 Å². The second-order valence-electron chi connectivity index (χ2n) is 1.51. The molecule has 1 rings (SSSR count). The van der Waals surface area contributed by atoms with Gasteiger partial charge in [-0.25, -0.2) is 0 Å². The molecule has 10 heavy (non-hydrogen) atoms. The number of nitrogens with one attached hydrogen (secondary N) is 1. The van der Waals surface area contributed by atoms with Gasteiger partial charge in [0.1, 0.15) is 5.56 Å². The fourth-order valence-electron chi connectivity index (χ4n) is 0.502. The fourth-order valence-corrected chi connectivity index (χ4v) is 0.502. The molecule has 3 nitrogen and oxygen atoms in total. The van der Waals surface area contributed by atoms with Gasteiger partial charge in [-0.15, -0.1) is 6.07 Å². The van der Waals surface area contributed by atoms with Crippen molar-refractivity contribution in [2.45, 2.75) is 0 Å². The predicted molar refractivity (Wildman–Crippen MR) is 31.9 cm³/mol. The van der Waals surface area contributed by atoms with Crippen molar-refractivity contribution in [3.05, 3.63) is 34.2 Å². The van der Waals surface area contributed by atoms with Crippen molar-refractivity contribution >= 4 is 6.29 Å². The zero-order valence-corrected chi connectivity index (χ0v) is 7.28. The van der Waals surface area contributed by atoms with Crippen molar-refractivity contribution in [2.75, 3.05) is 0 Å². The number of carbonyl (C=O) groups excluding carboxylic acids is 1. The summed E-state index contributed by atoms with van der Waals surface area (Å²) in [6.45, 7) is 0. The van der Waals surface area contributed by atoms with E-state index in [4.69, 9.17) is 0 Å². The Morgan fingerprint density at radius 2 is 2.20 bits per heavy atom.